The van der Waals surface area contributed by atoms with Gasteiger partial charge in [-0.25, -0.2) is 13.1 Å². The van der Waals surface area contributed by atoms with Crippen molar-refractivity contribution in [3.8, 4) is 5.75 Å². The fourth-order valence-corrected chi connectivity index (χ4v) is 4.10. The number of ether oxygens (including phenoxy) is 1. The summed E-state index contributed by atoms with van der Waals surface area (Å²) in [7, 11) is -3.55. The first-order valence-corrected chi connectivity index (χ1v) is 9.18. The molecule has 2 rings (SSSR count). The van der Waals surface area contributed by atoms with Gasteiger partial charge < -0.3 is 9.84 Å². The van der Waals surface area contributed by atoms with E-state index in [2.05, 4.69) is 20.7 Å². The van der Waals surface area contributed by atoms with Gasteiger partial charge in [0, 0.05) is 11.4 Å². The van der Waals surface area contributed by atoms with Crippen LogP contribution in [0.25, 0.3) is 0 Å². The topological polar surface area (TPSA) is 75.6 Å². The minimum absolute atomic E-state index is 0.0853. The quantitative estimate of drug-likeness (QED) is 0.759. The van der Waals surface area contributed by atoms with E-state index in [1.165, 1.54) is 23.5 Å². The van der Waals surface area contributed by atoms with Crippen molar-refractivity contribution >= 4 is 37.3 Å². The standard InChI is InChI=1S/C13H14BrNO4S2/c14-13-6-3-11(20-13)9-15-21(17,18)12-4-1-10(2-5-12)19-8-7-16/h1-6,15-16H,7-9H2. The molecule has 0 amide bonds. The largest absolute Gasteiger partial charge is 0.491 e. The molecule has 8 heteroatoms. The Morgan fingerprint density at radius 2 is 1.90 bits per heavy atom. The Kier molecular flexibility index (Phi) is 5.77. The van der Waals surface area contributed by atoms with Gasteiger partial charge in [-0.3, -0.25) is 0 Å². The van der Waals surface area contributed by atoms with Crippen LogP contribution in [0.15, 0.2) is 45.1 Å². The number of thiophene rings is 1. The zero-order chi connectivity index (χ0) is 15.3. The van der Waals surface area contributed by atoms with Gasteiger partial charge in [-0.2, -0.15) is 0 Å². The maximum Gasteiger partial charge on any atom is 0.240 e. The monoisotopic (exact) mass is 391 g/mol. The number of rotatable bonds is 7. The van der Waals surface area contributed by atoms with Crippen LogP contribution < -0.4 is 9.46 Å². The first-order chi connectivity index (χ1) is 10.0. The molecule has 0 aliphatic rings. The molecular weight excluding hydrogens is 378 g/mol. The smallest absolute Gasteiger partial charge is 0.240 e. The Morgan fingerprint density at radius 3 is 2.48 bits per heavy atom. The lowest BCUT2D eigenvalue weighted by molar-refractivity contribution is 0.201. The van der Waals surface area contributed by atoms with E-state index in [9.17, 15) is 8.42 Å². The number of nitrogens with one attached hydrogen (secondary N) is 1. The van der Waals surface area contributed by atoms with Gasteiger partial charge in [-0.05, 0) is 52.3 Å². The molecule has 2 N–H and O–H groups in total. The van der Waals surface area contributed by atoms with E-state index < -0.39 is 10.0 Å². The van der Waals surface area contributed by atoms with E-state index in [0.717, 1.165) is 8.66 Å². The lowest BCUT2D eigenvalue weighted by Gasteiger charge is -2.07. The van der Waals surface area contributed by atoms with Crippen molar-refractivity contribution in [3.05, 3.63) is 45.1 Å². The molecule has 1 heterocycles. The number of hydrogen-bond acceptors (Lipinski definition) is 5. The third-order valence-corrected chi connectivity index (χ3v) is 5.60. The van der Waals surface area contributed by atoms with Gasteiger partial charge >= 0.3 is 0 Å². The Balaban J connectivity index is 2.01. The van der Waals surface area contributed by atoms with Gasteiger partial charge in [0.2, 0.25) is 10.0 Å². The molecule has 1 aromatic heterocycles. The van der Waals surface area contributed by atoms with Crippen LogP contribution in [0.1, 0.15) is 4.88 Å². The average Bonchev–Trinajstić information content (AvgIpc) is 2.89. The van der Waals surface area contributed by atoms with Gasteiger partial charge in [0.1, 0.15) is 12.4 Å². The van der Waals surface area contributed by atoms with Crippen LogP contribution in [0, 0.1) is 0 Å². The SMILES string of the molecule is O=S(=O)(NCc1ccc(Br)s1)c1ccc(OCCO)cc1. The number of hydrogen-bond donors (Lipinski definition) is 2. The van der Waals surface area contributed by atoms with Crippen LogP contribution in [0.3, 0.4) is 0 Å². The normalized spacial score (nSPS) is 11.5. The summed E-state index contributed by atoms with van der Waals surface area (Å²) in [5, 5.41) is 8.66. The molecule has 0 bridgehead atoms. The average molecular weight is 392 g/mol. The summed E-state index contributed by atoms with van der Waals surface area (Å²) in [5.41, 5.74) is 0. The lowest BCUT2D eigenvalue weighted by atomic mass is 10.3. The molecule has 1 aromatic carbocycles. The lowest BCUT2D eigenvalue weighted by Crippen LogP contribution is -2.22. The summed E-state index contributed by atoms with van der Waals surface area (Å²) < 4.78 is 33.0. The number of benzene rings is 1. The molecular formula is C13H14BrNO4S2. The molecule has 5 nitrogen and oxygen atoms in total. The Morgan fingerprint density at radius 1 is 1.19 bits per heavy atom. The molecule has 0 unspecified atom stereocenters. The second-order valence-electron chi connectivity index (χ2n) is 4.07. The third kappa shape index (κ3) is 4.79. The maximum atomic E-state index is 12.1. The summed E-state index contributed by atoms with van der Waals surface area (Å²) in [5.74, 6) is 0.519. The van der Waals surface area contributed by atoms with Crippen molar-refractivity contribution < 1.29 is 18.3 Å². The second-order valence-corrected chi connectivity index (χ2v) is 8.39. The zero-order valence-electron chi connectivity index (χ0n) is 11.0. The molecule has 0 atom stereocenters. The highest BCUT2D eigenvalue weighted by atomic mass is 79.9. The molecule has 0 aliphatic heterocycles. The molecule has 0 saturated heterocycles. The molecule has 0 aliphatic carbocycles. The third-order valence-electron chi connectivity index (χ3n) is 2.56. The Hall–Kier alpha value is -0.930. The molecule has 0 spiro atoms. The number of aliphatic hydroxyl groups is 1. The van der Waals surface area contributed by atoms with Gasteiger partial charge in [-0.1, -0.05) is 0 Å². The van der Waals surface area contributed by atoms with Crippen molar-refractivity contribution in [1.29, 1.82) is 0 Å². The highest BCUT2D eigenvalue weighted by Gasteiger charge is 2.14. The molecule has 0 saturated carbocycles. The predicted molar refractivity (Wildman–Crippen MR) is 85.1 cm³/mol. The van der Waals surface area contributed by atoms with Gasteiger partial charge in [0.05, 0.1) is 15.3 Å². The molecule has 114 valence electrons. The first-order valence-electron chi connectivity index (χ1n) is 6.09. The predicted octanol–water partition coefficient (Wildman–Crippen LogP) is 2.36. The zero-order valence-corrected chi connectivity index (χ0v) is 14.2. The Labute approximate surface area is 135 Å². The van der Waals surface area contributed by atoms with Crippen molar-refractivity contribution in [3.63, 3.8) is 0 Å². The summed E-state index contributed by atoms with van der Waals surface area (Å²) in [6.45, 7) is 0.344. The second kappa shape index (κ2) is 7.37. The molecule has 0 radical (unpaired) electrons. The van der Waals surface area contributed by atoms with Crippen molar-refractivity contribution in [2.45, 2.75) is 11.4 Å². The molecule has 0 fully saturated rings. The number of halogens is 1. The van der Waals surface area contributed by atoms with Crippen molar-refractivity contribution in [2.75, 3.05) is 13.2 Å². The van der Waals surface area contributed by atoms with E-state index in [0.29, 0.717) is 5.75 Å². The van der Waals surface area contributed by atoms with Gasteiger partial charge in [0.15, 0.2) is 0 Å². The first kappa shape index (κ1) is 16.4. The van der Waals surface area contributed by atoms with Crippen molar-refractivity contribution in [2.24, 2.45) is 0 Å². The minimum Gasteiger partial charge on any atom is -0.491 e. The van der Waals surface area contributed by atoms with E-state index in [1.54, 1.807) is 12.1 Å². The minimum atomic E-state index is -3.55. The number of aliphatic hydroxyl groups excluding tert-OH is 1. The number of sulfonamides is 1. The summed E-state index contributed by atoms with van der Waals surface area (Å²) in [6, 6.07) is 9.81. The summed E-state index contributed by atoms with van der Waals surface area (Å²) in [6.07, 6.45) is 0. The van der Waals surface area contributed by atoms with Crippen LogP contribution in [0.4, 0.5) is 0 Å². The van der Waals surface area contributed by atoms with Crippen LogP contribution in [-0.2, 0) is 16.6 Å². The van der Waals surface area contributed by atoms with Crippen molar-refractivity contribution in [1.82, 2.24) is 4.72 Å². The van der Waals surface area contributed by atoms with E-state index in [1.807, 2.05) is 12.1 Å². The van der Waals surface area contributed by atoms with Gasteiger partial charge in [-0.15, -0.1) is 11.3 Å². The highest BCUT2D eigenvalue weighted by molar-refractivity contribution is 9.11. The molecule has 2 aromatic rings. The van der Waals surface area contributed by atoms with Gasteiger partial charge in [0.25, 0.3) is 0 Å². The van der Waals surface area contributed by atoms with Crippen LogP contribution in [0.5, 0.6) is 5.75 Å². The van der Waals surface area contributed by atoms with E-state index in [-0.39, 0.29) is 24.7 Å². The maximum absolute atomic E-state index is 12.1. The summed E-state index contributed by atoms with van der Waals surface area (Å²) in [4.78, 5) is 1.10. The highest BCUT2D eigenvalue weighted by Crippen LogP contribution is 2.22. The van der Waals surface area contributed by atoms with Crippen LogP contribution >= 0.6 is 27.3 Å². The molecule has 21 heavy (non-hydrogen) atoms. The summed E-state index contributed by atoms with van der Waals surface area (Å²) >= 11 is 4.82. The van der Waals surface area contributed by atoms with E-state index in [4.69, 9.17) is 9.84 Å². The fraction of sp³-hybridized carbons (Fsp3) is 0.231. The Bertz CT molecular complexity index is 682. The van der Waals surface area contributed by atoms with E-state index >= 15 is 0 Å². The van der Waals surface area contributed by atoms with Crippen LogP contribution in [0.2, 0.25) is 0 Å². The van der Waals surface area contributed by atoms with Crippen LogP contribution in [-0.4, -0.2) is 26.7 Å². The fourth-order valence-electron chi connectivity index (χ4n) is 1.57.